The first-order valence-electron chi connectivity index (χ1n) is 7.45. The summed E-state index contributed by atoms with van der Waals surface area (Å²) in [5.41, 5.74) is 3.37. The number of aromatic amines is 1. The Morgan fingerprint density at radius 2 is 2.32 bits per heavy atom. The highest BCUT2D eigenvalue weighted by molar-refractivity contribution is 5.92. The largest absolute Gasteiger partial charge is 0.379 e. The number of rotatable bonds is 4. The Labute approximate surface area is 129 Å². The number of likely N-dealkylation sites (N-methyl/N-ethyl adjacent to an activating group) is 1. The number of carbonyl (C=O) groups excluding carboxylic acids is 1. The summed E-state index contributed by atoms with van der Waals surface area (Å²) in [5, 5.41) is 11.5. The summed E-state index contributed by atoms with van der Waals surface area (Å²) in [4.78, 5) is 14.2. The van der Waals surface area contributed by atoms with E-state index in [2.05, 4.69) is 15.3 Å². The lowest BCUT2D eigenvalue weighted by Gasteiger charge is -2.21. The molecule has 1 aliphatic heterocycles. The van der Waals surface area contributed by atoms with Gasteiger partial charge in [0, 0.05) is 19.3 Å². The lowest BCUT2D eigenvalue weighted by molar-refractivity contribution is 0.0705. The number of aromatic nitrogens is 4. The average Bonchev–Trinajstić information content (AvgIpc) is 3.20. The molecule has 0 saturated carbocycles. The van der Waals surface area contributed by atoms with Gasteiger partial charge in [-0.1, -0.05) is 0 Å². The van der Waals surface area contributed by atoms with Crippen LogP contribution in [0.4, 0.5) is 0 Å². The highest BCUT2D eigenvalue weighted by Gasteiger charge is 2.26. The molecule has 1 N–H and O–H groups in total. The lowest BCUT2D eigenvalue weighted by atomic mass is 10.2. The number of aryl methyl sites for hydroxylation is 2. The molecule has 1 atom stereocenters. The summed E-state index contributed by atoms with van der Waals surface area (Å²) in [5.74, 6) is -0.0774. The molecule has 1 amide bonds. The van der Waals surface area contributed by atoms with Crippen molar-refractivity contribution in [1.82, 2.24) is 24.9 Å². The Morgan fingerprint density at radius 3 is 2.95 bits per heavy atom. The Morgan fingerprint density at radius 1 is 1.50 bits per heavy atom. The van der Waals surface area contributed by atoms with Crippen LogP contribution in [0.3, 0.4) is 0 Å². The van der Waals surface area contributed by atoms with Crippen LogP contribution in [0, 0.1) is 13.8 Å². The van der Waals surface area contributed by atoms with Crippen molar-refractivity contribution in [3.8, 4) is 0 Å². The zero-order chi connectivity index (χ0) is 15.7. The summed E-state index contributed by atoms with van der Waals surface area (Å²) < 4.78 is 7.22. The fourth-order valence-corrected chi connectivity index (χ4v) is 2.72. The molecule has 0 radical (unpaired) electrons. The average molecular weight is 303 g/mol. The van der Waals surface area contributed by atoms with Crippen molar-refractivity contribution in [2.24, 2.45) is 0 Å². The quantitative estimate of drug-likeness (QED) is 0.918. The van der Waals surface area contributed by atoms with E-state index in [-0.39, 0.29) is 11.9 Å². The third kappa shape index (κ3) is 2.89. The van der Waals surface area contributed by atoms with Crippen molar-refractivity contribution in [2.75, 3.05) is 20.3 Å². The normalized spacial score (nSPS) is 17.9. The van der Waals surface area contributed by atoms with Crippen LogP contribution in [0.1, 0.15) is 34.0 Å². The molecule has 1 fully saturated rings. The predicted molar refractivity (Wildman–Crippen MR) is 80.7 cm³/mol. The van der Waals surface area contributed by atoms with Crippen LogP contribution < -0.4 is 0 Å². The van der Waals surface area contributed by atoms with Crippen molar-refractivity contribution < 1.29 is 9.53 Å². The minimum Gasteiger partial charge on any atom is -0.379 e. The molecule has 7 heteroatoms. The number of hydrogen-bond donors (Lipinski definition) is 1. The molecule has 22 heavy (non-hydrogen) atoms. The van der Waals surface area contributed by atoms with Gasteiger partial charge in [-0.3, -0.25) is 14.6 Å². The fraction of sp³-hybridized carbons (Fsp3) is 0.533. The van der Waals surface area contributed by atoms with E-state index >= 15 is 0 Å². The first-order chi connectivity index (χ1) is 10.5. The summed E-state index contributed by atoms with van der Waals surface area (Å²) in [7, 11) is 1.80. The van der Waals surface area contributed by atoms with E-state index in [1.165, 1.54) is 0 Å². The van der Waals surface area contributed by atoms with E-state index in [1.807, 2.05) is 24.6 Å². The predicted octanol–water partition coefficient (Wildman–Crippen LogP) is 1.13. The van der Waals surface area contributed by atoms with Crippen LogP contribution >= 0.6 is 0 Å². The maximum Gasteiger partial charge on any atom is 0.274 e. The standard InChI is InChI=1S/C15H21N5O2/c1-10-6-11(2)20(18-10)8-12-7-14(17-16-12)15(21)19(3)13-4-5-22-9-13/h6-7,13H,4-5,8-9H2,1-3H3,(H,16,17). The fourth-order valence-electron chi connectivity index (χ4n) is 2.72. The van der Waals surface area contributed by atoms with Crippen LogP contribution in [0.15, 0.2) is 12.1 Å². The van der Waals surface area contributed by atoms with Gasteiger partial charge < -0.3 is 9.64 Å². The first-order valence-corrected chi connectivity index (χ1v) is 7.45. The molecule has 0 bridgehead atoms. The van der Waals surface area contributed by atoms with E-state index in [0.29, 0.717) is 25.5 Å². The van der Waals surface area contributed by atoms with Crippen LogP contribution in [0.25, 0.3) is 0 Å². The topological polar surface area (TPSA) is 76.0 Å². The van der Waals surface area contributed by atoms with Gasteiger partial charge in [-0.15, -0.1) is 0 Å². The summed E-state index contributed by atoms with van der Waals surface area (Å²) in [6.07, 6.45) is 0.880. The molecule has 1 saturated heterocycles. The molecule has 2 aromatic rings. The Hall–Kier alpha value is -2.15. The highest BCUT2D eigenvalue weighted by Crippen LogP contribution is 2.14. The molecule has 1 aliphatic rings. The van der Waals surface area contributed by atoms with Crippen LogP contribution in [-0.4, -0.2) is 57.1 Å². The summed E-state index contributed by atoms with van der Waals surface area (Å²) in [6, 6.07) is 3.96. The third-order valence-electron chi connectivity index (χ3n) is 4.05. The number of carbonyl (C=O) groups is 1. The number of H-pyrrole nitrogens is 1. The second-order valence-corrected chi connectivity index (χ2v) is 5.80. The molecule has 0 aliphatic carbocycles. The van der Waals surface area contributed by atoms with Gasteiger partial charge in [0.25, 0.3) is 5.91 Å². The Bertz CT molecular complexity index is 669. The number of hydrogen-bond acceptors (Lipinski definition) is 4. The monoisotopic (exact) mass is 303 g/mol. The van der Waals surface area contributed by atoms with E-state index < -0.39 is 0 Å². The van der Waals surface area contributed by atoms with Crippen molar-refractivity contribution in [3.63, 3.8) is 0 Å². The van der Waals surface area contributed by atoms with Gasteiger partial charge in [0.1, 0.15) is 5.69 Å². The van der Waals surface area contributed by atoms with Crippen molar-refractivity contribution >= 4 is 5.91 Å². The molecule has 3 rings (SSSR count). The molecular weight excluding hydrogens is 282 g/mol. The van der Waals surface area contributed by atoms with Crippen molar-refractivity contribution in [1.29, 1.82) is 0 Å². The van der Waals surface area contributed by atoms with E-state index in [9.17, 15) is 4.79 Å². The van der Waals surface area contributed by atoms with Gasteiger partial charge in [-0.25, -0.2) is 0 Å². The van der Waals surface area contributed by atoms with Gasteiger partial charge >= 0.3 is 0 Å². The number of nitrogens with one attached hydrogen (secondary N) is 1. The lowest BCUT2D eigenvalue weighted by Crippen LogP contribution is -2.37. The van der Waals surface area contributed by atoms with Gasteiger partial charge in [0.15, 0.2) is 0 Å². The summed E-state index contributed by atoms with van der Waals surface area (Å²) >= 11 is 0. The molecule has 3 heterocycles. The Balaban J connectivity index is 1.70. The molecule has 2 aromatic heterocycles. The second kappa shape index (κ2) is 5.92. The molecule has 1 unspecified atom stereocenters. The summed E-state index contributed by atoms with van der Waals surface area (Å²) in [6.45, 7) is 5.87. The minimum atomic E-state index is -0.0774. The third-order valence-corrected chi connectivity index (χ3v) is 4.05. The Kier molecular flexibility index (Phi) is 3.98. The zero-order valence-corrected chi connectivity index (χ0v) is 13.2. The van der Waals surface area contributed by atoms with Crippen LogP contribution in [-0.2, 0) is 11.3 Å². The second-order valence-electron chi connectivity index (χ2n) is 5.80. The SMILES string of the molecule is Cc1cc(C)n(Cc2cc(C(=O)N(C)C3CCOC3)n[nH]2)n1. The maximum atomic E-state index is 12.4. The number of amides is 1. The molecular formula is C15H21N5O2. The molecule has 0 aromatic carbocycles. The smallest absolute Gasteiger partial charge is 0.274 e. The number of nitrogens with zero attached hydrogens (tertiary/aromatic N) is 4. The molecule has 7 nitrogen and oxygen atoms in total. The molecule has 0 spiro atoms. The minimum absolute atomic E-state index is 0.0774. The van der Waals surface area contributed by atoms with Gasteiger partial charge in [0.05, 0.1) is 30.6 Å². The highest BCUT2D eigenvalue weighted by atomic mass is 16.5. The molecule has 118 valence electrons. The van der Waals surface area contributed by atoms with Gasteiger partial charge in [-0.2, -0.15) is 10.2 Å². The van der Waals surface area contributed by atoms with E-state index in [4.69, 9.17) is 4.74 Å². The van der Waals surface area contributed by atoms with Gasteiger partial charge in [-0.05, 0) is 32.4 Å². The van der Waals surface area contributed by atoms with Crippen LogP contribution in [0.5, 0.6) is 0 Å². The van der Waals surface area contributed by atoms with E-state index in [1.54, 1.807) is 18.0 Å². The maximum absolute atomic E-state index is 12.4. The first kappa shape index (κ1) is 14.8. The van der Waals surface area contributed by atoms with Crippen molar-refractivity contribution in [2.45, 2.75) is 32.9 Å². The van der Waals surface area contributed by atoms with Gasteiger partial charge in [0.2, 0.25) is 0 Å². The van der Waals surface area contributed by atoms with E-state index in [0.717, 1.165) is 23.5 Å². The van der Waals surface area contributed by atoms with Crippen LogP contribution in [0.2, 0.25) is 0 Å². The zero-order valence-electron chi connectivity index (χ0n) is 13.2. The number of ether oxygens (including phenoxy) is 1. The van der Waals surface area contributed by atoms with Crippen molar-refractivity contribution in [3.05, 3.63) is 34.9 Å².